The number of pyridine rings is 2. The van der Waals surface area contributed by atoms with Gasteiger partial charge in [-0.25, -0.2) is 4.98 Å². The number of carbonyl (C=O) groups excluding carboxylic acids is 1. The Morgan fingerprint density at radius 3 is 2.95 bits per heavy atom. The van der Waals surface area contributed by atoms with Crippen LogP contribution in [0.3, 0.4) is 0 Å². The Morgan fingerprint density at radius 2 is 2.18 bits per heavy atom. The van der Waals surface area contributed by atoms with Crippen LogP contribution in [0.25, 0.3) is 0 Å². The second-order valence-corrected chi connectivity index (χ2v) is 5.72. The lowest BCUT2D eigenvalue weighted by Gasteiger charge is -2.17. The van der Waals surface area contributed by atoms with E-state index in [1.165, 1.54) is 12.8 Å². The smallest absolute Gasteiger partial charge is 0.254 e. The fourth-order valence-electron chi connectivity index (χ4n) is 2.57. The van der Waals surface area contributed by atoms with Crippen molar-refractivity contribution in [3.8, 4) is 0 Å². The molecule has 1 aliphatic heterocycles. The summed E-state index contributed by atoms with van der Waals surface area (Å²) in [6.45, 7) is 2.58. The molecule has 2 aromatic heterocycles. The van der Waals surface area contributed by atoms with Gasteiger partial charge in [-0.3, -0.25) is 4.79 Å². The van der Waals surface area contributed by atoms with Gasteiger partial charge in [-0.2, -0.15) is 0 Å². The molecule has 0 radical (unpaired) electrons. The molecular formula is C16H18N4OS. The van der Waals surface area contributed by atoms with Gasteiger partial charge >= 0.3 is 0 Å². The molecular weight excluding hydrogens is 296 g/mol. The molecule has 3 rings (SSSR count). The van der Waals surface area contributed by atoms with Crippen LogP contribution >= 0.6 is 12.2 Å². The van der Waals surface area contributed by atoms with Gasteiger partial charge in [0.05, 0.1) is 5.56 Å². The molecule has 1 aliphatic rings. The van der Waals surface area contributed by atoms with Crippen LogP contribution < -0.4 is 10.2 Å². The van der Waals surface area contributed by atoms with Crippen molar-refractivity contribution in [3.05, 3.63) is 52.4 Å². The Hall–Kier alpha value is -2.21. The molecule has 0 atom stereocenters. The number of rotatable bonds is 4. The number of anilines is 1. The Labute approximate surface area is 134 Å². The van der Waals surface area contributed by atoms with Crippen molar-refractivity contribution < 1.29 is 4.79 Å². The maximum atomic E-state index is 12.2. The first-order valence-corrected chi connectivity index (χ1v) is 7.80. The zero-order chi connectivity index (χ0) is 15.4. The maximum Gasteiger partial charge on any atom is 0.254 e. The molecule has 2 N–H and O–H groups in total. The van der Waals surface area contributed by atoms with Crippen LogP contribution in [-0.2, 0) is 6.54 Å². The summed E-state index contributed by atoms with van der Waals surface area (Å²) in [6, 6.07) is 7.45. The van der Waals surface area contributed by atoms with Crippen molar-refractivity contribution in [2.75, 3.05) is 18.0 Å². The van der Waals surface area contributed by atoms with Crippen LogP contribution in [0.4, 0.5) is 5.82 Å². The quantitative estimate of drug-likeness (QED) is 0.852. The molecule has 6 heteroatoms. The minimum Gasteiger partial charge on any atom is -0.357 e. The predicted molar refractivity (Wildman–Crippen MR) is 88.5 cm³/mol. The number of hydrogen-bond donors (Lipinski definition) is 2. The van der Waals surface area contributed by atoms with Gasteiger partial charge < -0.3 is 15.2 Å². The zero-order valence-electron chi connectivity index (χ0n) is 12.2. The van der Waals surface area contributed by atoms with E-state index in [4.69, 9.17) is 12.2 Å². The summed E-state index contributed by atoms with van der Waals surface area (Å²) in [5.41, 5.74) is 1.53. The Balaban J connectivity index is 1.66. The molecule has 0 unspecified atom stereocenters. The SMILES string of the molecule is O=C(NCc1ccnc(N2CCCC2)c1)c1ccc[nH]c1=S. The van der Waals surface area contributed by atoms with E-state index in [0.29, 0.717) is 16.7 Å². The molecule has 1 amide bonds. The minimum atomic E-state index is -0.165. The van der Waals surface area contributed by atoms with E-state index in [1.807, 2.05) is 12.1 Å². The topological polar surface area (TPSA) is 61.0 Å². The highest BCUT2D eigenvalue weighted by atomic mass is 32.1. The Kier molecular flexibility index (Phi) is 4.48. The van der Waals surface area contributed by atoms with Crippen LogP contribution in [0, 0.1) is 4.64 Å². The van der Waals surface area contributed by atoms with Crippen LogP contribution in [0.2, 0.25) is 0 Å². The van der Waals surface area contributed by atoms with E-state index < -0.39 is 0 Å². The second kappa shape index (κ2) is 6.70. The third-order valence-corrected chi connectivity index (χ3v) is 4.09. The monoisotopic (exact) mass is 314 g/mol. The zero-order valence-corrected chi connectivity index (χ0v) is 13.0. The number of H-pyrrole nitrogens is 1. The van der Waals surface area contributed by atoms with E-state index in [-0.39, 0.29) is 5.91 Å². The standard InChI is InChI=1S/C16H18N4OS/c21-15(13-4-3-6-18-16(13)22)19-11-12-5-7-17-14(10-12)20-8-1-2-9-20/h3-7,10H,1-2,8-9,11H2,(H,18,22)(H,19,21). The van der Waals surface area contributed by atoms with Gasteiger partial charge in [0.1, 0.15) is 10.5 Å². The molecule has 2 aromatic rings. The molecule has 22 heavy (non-hydrogen) atoms. The number of nitrogens with zero attached hydrogens (tertiary/aromatic N) is 2. The highest BCUT2D eigenvalue weighted by Gasteiger charge is 2.14. The molecule has 1 fully saturated rings. The van der Waals surface area contributed by atoms with Gasteiger partial charge in [0.2, 0.25) is 0 Å². The summed E-state index contributed by atoms with van der Waals surface area (Å²) in [5.74, 6) is 0.822. The lowest BCUT2D eigenvalue weighted by molar-refractivity contribution is 0.0950. The van der Waals surface area contributed by atoms with Crippen molar-refractivity contribution in [1.29, 1.82) is 0 Å². The van der Waals surface area contributed by atoms with Gasteiger partial charge in [0.15, 0.2) is 0 Å². The van der Waals surface area contributed by atoms with E-state index in [9.17, 15) is 4.79 Å². The molecule has 0 spiro atoms. The first-order chi connectivity index (χ1) is 10.7. The number of carbonyl (C=O) groups is 1. The number of hydrogen-bond acceptors (Lipinski definition) is 4. The van der Waals surface area contributed by atoms with Crippen molar-refractivity contribution >= 4 is 23.9 Å². The van der Waals surface area contributed by atoms with Gasteiger partial charge in [-0.15, -0.1) is 0 Å². The number of amides is 1. The largest absolute Gasteiger partial charge is 0.357 e. The maximum absolute atomic E-state index is 12.2. The third-order valence-electron chi connectivity index (χ3n) is 3.76. The van der Waals surface area contributed by atoms with E-state index in [0.717, 1.165) is 24.5 Å². The molecule has 0 bridgehead atoms. The average Bonchev–Trinajstić information content (AvgIpc) is 3.08. The fourth-order valence-corrected chi connectivity index (χ4v) is 2.80. The lowest BCUT2D eigenvalue weighted by Crippen LogP contribution is -2.24. The highest BCUT2D eigenvalue weighted by molar-refractivity contribution is 7.71. The average molecular weight is 314 g/mol. The van der Waals surface area contributed by atoms with Crippen molar-refractivity contribution in [2.24, 2.45) is 0 Å². The molecule has 0 aromatic carbocycles. The van der Waals surface area contributed by atoms with Crippen LogP contribution in [0.15, 0.2) is 36.7 Å². The Bertz CT molecular complexity index is 722. The first-order valence-electron chi connectivity index (χ1n) is 7.40. The molecule has 5 nitrogen and oxygen atoms in total. The van der Waals surface area contributed by atoms with E-state index in [1.54, 1.807) is 24.5 Å². The molecule has 114 valence electrons. The Morgan fingerprint density at radius 1 is 1.36 bits per heavy atom. The summed E-state index contributed by atoms with van der Waals surface area (Å²) < 4.78 is 0.451. The van der Waals surface area contributed by atoms with Gasteiger partial charge in [0.25, 0.3) is 5.91 Å². The third kappa shape index (κ3) is 3.33. The highest BCUT2D eigenvalue weighted by Crippen LogP contribution is 2.18. The normalized spacial score (nSPS) is 14.1. The van der Waals surface area contributed by atoms with Gasteiger partial charge in [-0.1, -0.05) is 12.2 Å². The van der Waals surface area contributed by atoms with Crippen molar-refractivity contribution in [1.82, 2.24) is 15.3 Å². The summed E-state index contributed by atoms with van der Waals surface area (Å²) in [5, 5.41) is 2.90. The molecule has 0 saturated carbocycles. The lowest BCUT2D eigenvalue weighted by atomic mass is 10.2. The minimum absolute atomic E-state index is 0.165. The number of aromatic amines is 1. The molecule has 3 heterocycles. The van der Waals surface area contributed by atoms with Crippen LogP contribution in [-0.4, -0.2) is 29.0 Å². The molecule has 1 saturated heterocycles. The van der Waals surface area contributed by atoms with Gasteiger partial charge in [0, 0.05) is 32.0 Å². The van der Waals surface area contributed by atoms with Gasteiger partial charge in [-0.05, 0) is 42.7 Å². The van der Waals surface area contributed by atoms with E-state index in [2.05, 4.69) is 20.2 Å². The summed E-state index contributed by atoms with van der Waals surface area (Å²) >= 11 is 5.12. The summed E-state index contributed by atoms with van der Waals surface area (Å²) in [4.78, 5) is 21.7. The second-order valence-electron chi connectivity index (χ2n) is 5.31. The van der Waals surface area contributed by atoms with Crippen molar-refractivity contribution in [2.45, 2.75) is 19.4 Å². The van der Waals surface area contributed by atoms with Crippen molar-refractivity contribution in [3.63, 3.8) is 0 Å². The van der Waals surface area contributed by atoms with Crippen LogP contribution in [0.1, 0.15) is 28.8 Å². The number of nitrogens with one attached hydrogen (secondary N) is 2. The van der Waals surface area contributed by atoms with E-state index >= 15 is 0 Å². The fraction of sp³-hybridized carbons (Fsp3) is 0.312. The number of aromatic nitrogens is 2. The summed E-state index contributed by atoms with van der Waals surface area (Å²) in [6.07, 6.45) is 5.94. The van der Waals surface area contributed by atoms with Crippen LogP contribution in [0.5, 0.6) is 0 Å². The molecule has 0 aliphatic carbocycles. The predicted octanol–water partition coefficient (Wildman–Crippen LogP) is 2.67. The summed E-state index contributed by atoms with van der Waals surface area (Å²) in [7, 11) is 0. The first kappa shape index (κ1) is 14.7.